The number of benzene rings is 1. The van der Waals surface area contributed by atoms with Crippen molar-refractivity contribution in [3.63, 3.8) is 0 Å². The van der Waals surface area contributed by atoms with E-state index in [9.17, 15) is 4.79 Å². The number of likely N-dealkylation sites (tertiary alicyclic amines) is 1. The van der Waals surface area contributed by atoms with Crippen molar-refractivity contribution in [1.29, 1.82) is 0 Å². The first-order chi connectivity index (χ1) is 10.1. The van der Waals surface area contributed by atoms with Crippen LogP contribution in [-0.4, -0.2) is 61.5 Å². The Labute approximate surface area is 151 Å². The number of hydrogen-bond donors (Lipinski definition) is 1. The van der Waals surface area contributed by atoms with Crippen LogP contribution in [0.15, 0.2) is 30.3 Å². The SMILES string of the molecule is CN(C)[C@H]1CCN(C(=O)CN[C@H]2CC2c2ccccc2)C1.Cl.Cl. The number of nitrogens with one attached hydrogen (secondary N) is 1. The maximum absolute atomic E-state index is 12.2. The molecule has 1 aromatic carbocycles. The number of halogens is 2. The first-order valence-corrected chi connectivity index (χ1v) is 7.87. The summed E-state index contributed by atoms with van der Waals surface area (Å²) in [6.07, 6.45) is 2.24. The Morgan fingerprint density at radius 1 is 1.26 bits per heavy atom. The molecule has 1 aliphatic carbocycles. The number of carbonyl (C=O) groups excluding carboxylic acids is 1. The lowest BCUT2D eigenvalue weighted by molar-refractivity contribution is -0.129. The van der Waals surface area contributed by atoms with Crippen LogP contribution in [0.25, 0.3) is 0 Å². The molecule has 0 radical (unpaired) electrons. The summed E-state index contributed by atoms with van der Waals surface area (Å²) in [5.74, 6) is 0.838. The van der Waals surface area contributed by atoms with Gasteiger partial charge < -0.3 is 15.1 Å². The van der Waals surface area contributed by atoms with Crippen LogP contribution >= 0.6 is 24.8 Å². The van der Waals surface area contributed by atoms with Crippen molar-refractivity contribution >= 4 is 30.7 Å². The van der Waals surface area contributed by atoms with E-state index in [0.29, 0.717) is 24.5 Å². The Morgan fingerprint density at radius 3 is 2.57 bits per heavy atom. The van der Waals surface area contributed by atoms with Crippen LogP contribution in [0.3, 0.4) is 0 Å². The van der Waals surface area contributed by atoms with Gasteiger partial charge in [-0.1, -0.05) is 30.3 Å². The molecule has 23 heavy (non-hydrogen) atoms. The largest absolute Gasteiger partial charge is 0.340 e. The smallest absolute Gasteiger partial charge is 0.236 e. The van der Waals surface area contributed by atoms with Crippen molar-refractivity contribution in [1.82, 2.24) is 15.1 Å². The van der Waals surface area contributed by atoms with E-state index in [2.05, 4.69) is 48.6 Å². The summed E-state index contributed by atoms with van der Waals surface area (Å²) in [6.45, 7) is 2.25. The van der Waals surface area contributed by atoms with E-state index in [1.54, 1.807) is 0 Å². The summed E-state index contributed by atoms with van der Waals surface area (Å²) in [6, 6.07) is 11.6. The van der Waals surface area contributed by atoms with Crippen LogP contribution in [0.1, 0.15) is 24.3 Å². The topological polar surface area (TPSA) is 35.6 Å². The second-order valence-corrected chi connectivity index (χ2v) is 6.49. The van der Waals surface area contributed by atoms with Crippen LogP contribution in [0.2, 0.25) is 0 Å². The van der Waals surface area contributed by atoms with Crippen LogP contribution < -0.4 is 5.32 Å². The Morgan fingerprint density at radius 2 is 1.96 bits per heavy atom. The number of amides is 1. The van der Waals surface area contributed by atoms with Crippen molar-refractivity contribution in [3.8, 4) is 0 Å². The highest BCUT2D eigenvalue weighted by Crippen LogP contribution is 2.40. The van der Waals surface area contributed by atoms with Gasteiger partial charge in [-0.3, -0.25) is 4.79 Å². The lowest BCUT2D eigenvalue weighted by Gasteiger charge is -2.20. The monoisotopic (exact) mass is 359 g/mol. The molecule has 2 fully saturated rings. The van der Waals surface area contributed by atoms with Gasteiger partial charge in [0.05, 0.1) is 6.54 Å². The van der Waals surface area contributed by atoms with E-state index in [-0.39, 0.29) is 30.7 Å². The van der Waals surface area contributed by atoms with Gasteiger partial charge in [0, 0.05) is 31.1 Å². The van der Waals surface area contributed by atoms with Gasteiger partial charge >= 0.3 is 0 Å². The molecule has 3 rings (SSSR count). The van der Waals surface area contributed by atoms with Crippen LogP contribution in [0.4, 0.5) is 0 Å². The normalized spacial score (nSPS) is 25.7. The lowest BCUT2D eigenvalue weighted by Crippen LogP contribution is -2.39. The molecular formula is C17H27Cl2N3O. The van der Waals surface area contributed by atoms with Crippen molar-refractivity contribution in [2.45, 2.75) is 30.8 Å². The molecule has 1 N–H and O–H groups in total. The second kappa shape index (κ2) is 8.88. The summed E-state index contributed by atoms with van der Waals surface area (Å²) >= 11 is 0. The second-order valence-electron chi connectivity index (χ2n) is 6.49. The van der Waals surface area contributed by atoms with E-state index < -0.39 is 0 Å². The number of nitrogens with zero attached hydrogens (tertiary/aromatic N) is 2. The molecule has 130 valence electrons. The highest BCUT2D eigenvalue weighted by molar-refractivity contribution is 5.85. The fourth-order valence-electron chi connectivity index (χ4n) is 3.21. The fraction of sp³-hybridized carbons (Fsp3) is 0.588. The molecular weight excluding hydrogens is 333 g/mol. The minimum Gasteiger partial charge on any atom is -0.340 e. The Hall–Kier alpha value is -0.810. The highest BCUT2D eigenvalue weighted by atomic mass is 35.5. The summed E-state index contributed by atoms with van der Waals surface area (Å²) in [7, 11) is 4.18. The first-order valence-electron chi connectivity index (χ1n) is 7.87. The van der Waals surface area contributed by atoms with Crippen LogP contribution in [-0.2, 0) is 4.79 Å². The standard InChI is InChI=1S/C17H25N3O.2ClH/c1-19(2)14-8-9-20(12-14)17(21)11-18-16-10-15(16)13-6-4-3-5-7-13;;/h3-7,14-16,18H,8-12H2,1-2H3;2*1H/t14-,15?,16-;;/m0../s1. The van der Waals surface area contributed by atoms with Crippen molar-refractivity contribution in [2.24, 2.45) is 0 Å². The third-order valence-corrected chi connectivity index (χ3v) is 4.78. The Bertz CT molecular complexity index is 498. The summed E-state index contributed by atoms with van der Waals surface area (Å²) in [4.78, 5) is 16.4. The van der Waals surface area contributed by atoms with Gasteiger partial charge in [-0.05, 0) is 32.5 Å². The number of hydrogen-bond acceptors (Lipinski definition) is 3. The molecule has 0 aromatic heterocycles. The average Bonchev–Trinajstić information content (AvgIpc) is 3.09. The predicted octanol–water partition coefficient (Wildman–Crippen LogP) is 2.14. The minimum atomic E-state index is 0. The van der Waals surface area contributed by atoms with E-state index >= 15 is 0 Å². The molecule has 1 heterocycles. The summed E-state index contributed by atoms with van der Waals surface area (Å²) in [5, 5.41) is 3.42. The lowest BCUT2D eigenvalue weighted by atomic mass is 10.1. The first kappa shape index (κ1) is 20.2. The number of carbonyl (C=O) groups is 1. The summed E-state index contributed by atoms with van der Waals surface area (Å²) in [5.41, 5.74) is 1.39. The van der Waals surface area contributed by atoms with E-state index in [1.165, 1.54) is 5.56 Å². The molecule has 1 saturated carbocycles. The molecule has 1 aliphatic heterocycles. The molecule has 0 spiro atoms. The maximum atomic E-state index is 12.2. The average molecular weight is 360 g/mol. The van der Waals surface area contributed by atoms with Gasteiger partial charge in [0.1, 0.15) is 0 Å². The van der Waals surface area contributed by atoms with Crippen LogP contribution in [0.5, 0.6) is 0 Å². The molecule has 3 atom stereocenters. The third-order valence-electron chi connectivity index (χ3n) is 4.78. The molecule has 1 saturated heterocycles. The van der Waals surface area contributed by atoms with Gasteiger partial charge in [0.25, 0.3) is 0 Å². The fourth-order valence-corrected chi connectivity index (χ4v) is 3.21. The quantitative estimate of drug-likeness (QED) is 0.874. The molecule has 4 nitrogen and oxygen atoms in total. The number of likely N-dealkylation sites (N-methyl/N-ethyl adjacent to an activating group) is 1. The van der Waals surface area contributed by atoms with E-state index in [1.807, 2.05) is 11.0 Å². The molecule has 1 amide bonds. The zero-order valence-corrected chi connectivity index (χ0v) is 15.4. The molecule has 1 unspecified atom stereocenters. The van der Waals surface area contributed by atoms with Crippen molar-refractivity contribution in [2.75, 3.05) is 33.7 Å². The molecule has 2 aliphatic rings. The van der Waals surface area contributed by atoms with Crippen molar-refractivity contribution < 1.29 is 4.79 Å². The molecule has 0 bridgehead atoms. The minimum absolute atomic E-state index is 0. The van der Waals surface area contributed by atoms with Gasteiger partial charge in [0.15, 0.2) is 0 Å². The molecule has 1 aromatic rings. The summed E-state index contributed by atoms with van der Waals surface area (Å²) < 4.78 is 0. The van der Waals surface area contributed by atoms with Gasteiger partial charge in [0.2, 0.25) is 5.91 Å². The molecule has 6 heteroatoms. The maximum Gasteiger partial charge on any atom is 0.236 e. The van der Waals surface area contributed by atoms with Gasteiger partial charge in [-0.25, -0.2) is 0 Å². The van der Waals surface area contributed by atoms with E-state index in [0.717, 1.165) is 25.9 Å². The van der Waals surface area contributed by atoms with Crippen LogP contribution in [0, 0.1) is 0 Å². The van der Waals surface area contributed by atoms with E-state index in [4.69, 9.17) is 0 Å². The Balaban J connectivity index is 0.00000132. The highest BCUT2D eigenvalue weighted by Gasteiger charge is 2.38. The predicted molar refractivity (Wildman–Crippen MR) is 98.8 cm³/mol. The van der Waals surface area contributed by atoms with Gasteiger partial charge in [-0.15, -0.1) is 24.8 Å². The Kier molecular flexibility index (Phi) is 7.81. The third kappa shape index (κ3) is 5.08. The van der Waals surface area contributed by atoms with Crippen molar-refractivity contribution in [3.05, 3.63) is 35.9 Å². The van der Waals surface area contributed by atoms with Gasteiger partial charge in [-0.2, -0.15) is 0 Å². The zero-order valence-electron chi connectivity index (χ0n) is 13.8. The number of rotatable bonds is 5. The zero-order chi connectivity index (χ0) is 14.8.